The van der Waals surface area contributed by atoms with Gasteiger partial charge < -0.3 is 5.73 Å². The number of nitrogens with two attached hydrogens (primary N) is 1. The molecule has 88 valence electrons. The summed E-state index contributed by atoms with van der Waals surface area (Å²) in [7, 11) is 0. The molecule has 16 heavy (non-hydrogen) atoms. The fraction of sp³-hybridized carbons (Fsp3) is 0.364. The summed E-state index contributed by atoms with van der Waals surface area (Å²) < 4.78 is 36.7. The van der Waals surface area contributed by atoms with E-state index in [2.05, 4.69) is 0 Å². The molecule has 1 unspecified atom stereocenters. The lowest BCUT2D eigenvalue weighted by Gasteiger charge is -2.08. The van der Waals surface area contributed by atoms with Crippen LogP contribution in [0.1, 0.15) is 18.1 Å². The van der Waals surface area contributed by atoms with Gasteiger partial charge >= 0.3 is 6.18 Å². The van der Waals surface area contributed by atoms with Crippen LogP contribution < -0.4 is 5.73 Å². The first-order valence-electron chi connectivity index (χ1n) is 4.75. The molecule has 0 radical (unpaired) electrons. The van der Waals surface area contributed by atoms with Gasteiger partial charge in [0.25, 0.3) is 0 Å². The number of alkyl halides is 3. The lowest BCUT2D eigenvalue weighted by atomic mass is 10.0. The number of benzene rings is 1. The normalized spacial score (nSPS) is 13.6. The van der Waals surface area contributed by atoms with Gasteiger partial charge in [-0.05, 0) is 24.6 Å². The SMILES string of the molecule is CC(N)C(=O)Cc1ccc(C(F)(F)F)cc1. The number of ketones is 1. The van der Waals surface area contributed by atoms with Crippen LogP contribution in [0.25, 0.3) is 0 Å². The zero-order valence-corrected chi connectivity index (χ0v) is 8.71. The first-order valence-corrected chi connectivity index (χ1v) is 4.75. The lowest BCUT2D eigenvalue weighted by Crippen LogP contribution is -2.28. The van der Waals surface area contributed by atoms with E-state index in [0.29, 0.717) is 5.56 Å². The van der Waals surface area contributed by atoms with Crippen LogP contribution in [0.4, 0.5) is 13.2 Å². The van der Waals surface area contributed by atoms with Gasteiger partial charge in [0.1, 0.15) is 0 Å². The van der Waals surface area contributed by atoms with Crippen LogP contribution >= 0.6 is 0 Å². The van der Waals surface area contributed by atoms with E-state index >= 15 is 0 Å². The molecule has 1 aromatic carbocycles. The van der Waals surface area contributed by atoms with Gasteiger partial charge in [-0.2, -0.15) is 13.2 Å². The fourth-order valence-electron chi connectivity index (χ4n) is 1.17. The standard InChI is InChI=1S/C11H12F3NO/c1-7(15)10(16)6-8-2-4-9(5-3-8)11(12,13)14/h2-5,7H,6,15H2,1H3. The molecule has 2 nitrogen and oxygen atoms in total. The second-order valence-electron chi connectivity index (χ2n) is 3.63. The number of hydrogen-bond donors (Lipinski definition) is 1. The molecule has 0 fully saturated rings. The van der Waals surface area contributed by atoms with E-state index in [1.807, 2.05) is 0 Å². The van der Waals surface area contributed by atoms with Gasteiger partial charge in [0.05, 0.1) is 11.6 Å². The molecule has 2 N–H and O–H groups in total. The Bertz CT molecular complexity index is 368. The van der Waals surface area contributed by atoms with E-state index < -0.39 is 17.8 Å². The predicted molar refractivity (Wildman–Crippen MR) is 53.8 cm³/mol. The Hall–Kier alpha value is -1.36. The molecule has 0 amide bonds. The summed E-state index contributed by atoms with van der Waals surface area (Å²) in [4.78, 5) is 11.2. The average Bonchev–Trinajstić information content (AvgIpc) is 2.17. The Morgan fingerprint density at radius 3 is 2.19 bits per heavy atom. The highest BCUT2D eigenvalue weighted by Crippen LogP contribution is 2.29. The van der Waals surface area contributed by atoms with Crippen molar-refractivity contribution in [3.05, 3.63) is 35.4 Å². The molecule has 0 heterocycles. The molecule has 5 heteroatoms. The Kier molecular flexibility index (Phi) is 3.70. The molecule has 1 rings (SSSR count). The average molecular weight is 231 g/mol. The molecular weight excluding hydrogens is 219 g/mol. The Morgan fingerprint density at radius 1 is 1.31 bits per heavy atom. The lowest BCUT2D eigenvalue weighted by molar-refractivity contribution is -0.137. The molecule has 0 bridgehead atoms. The van der Waals surface area contributed by atoms with Crippen molar-refractivity contribution in [2.45, 2.75) is 25.6 Å². The summed E-state index contributed by atoms with van der Waals surface area (Å²) in [6.45, 7) is 1.55. The van der Waals surface area contributed by atoms with Crippen LogP contribution in [-0.4, -0.2) is 11.8 Å². The van der Waals surface area contributed by atoms with E-state index in [4.69, 9.17) is 5.73 Å². The minimum absolute atomic E-state index is 0.0653. The molecule has 0 saturated carbocycles. The summed E-state index contributed by atoms with van der Waals surface area (Å²) in [5.74, 6) is -0.195. The van der Waals surface area contributed by atoms with Crippen molar-refractivity contribution >= 4 is 5.78 Å². The van der Waals surface area contributed by atoms with E-state index in [0.717, 1.165) is 12.1 Å². The van der Waals surface area contributed by atoms with Crippen molar-refractivity contribution in [2.75, 3.05) is 0 Å². The number of halogens is 3. The molecule has 0 aliphatic carbocycles. The van der Waals surface area contributed by atoms with Gasteiger partial charge in [-0.1, -0.05) is 12.1 Å². The largest absolute Gasteiger partial charge is 0.416 e. The van der Waals surface area contributed by atoms with E-state index in [1.165, 1.54) is 12.1 Å². The maximum atomic E-state index is 12.2. The summed E-state index contributed by atoms with van der Waals surface area (Å²) >= 11 is 0. The van der Waals surface area contributed by atoms with Crippen LogP contribution in [-0.2, 0) is 17.4 Å². The van der Waals surface area contributed by atoms with Crippen molar-refractivity contribution in [3.63, 3.8) is 0 Å². The Morgan fingerprint density at radius 2 is 1.81 bits per heavy atom. The van der Waals surface area contributed by atoms with E-state index in [9.17, 15) is 18.0 Å². The van der Waals surface area contributed by atoms with Crippen LogP contribution in [0.5, 0.6) is 0 Å². The minimum Gasteiger partial charge on any atom is -0.322 e. The molecule has 0 aliphatic rings. The number of rotatable bonds is 3. The number of carbonyl (C=O) groups is 1. The van der Waals surface area contributed by atoms with E-state index in [1.54, 1.807) is 6.92 Å². The van der Waals surface area contributed by atoms with Crippen LogP contribution in [0.3, 0.4) is 0 Å². The topological polar surface area (TPSA) is 43.1 Å². The van der Waals surface area contributed by atoms with Gasteiger partial charge in [0, 0.05) is 6.42 Å². The zero-order chi connectivity index (χ0) is 12.3. The highest BCUT2D eigenvalue weighted by Gasteiger charge is 2.29. The quantitative estimate of drug-likeness (QED) is 0.866. The molecule has 1 aromatic rings. The van der Waals surface area contributed by atoms with Crippen molar-refractivity contribution < 1.29 is 18.0 Å². The van der Waals surface area contributed by atoms with Gasteiger partial charge in [-0.15, -0.1) is 0 Å². The second kappa shape index (κ2) is 4.65. The summed E-state index contributed by atoms with van der Waals surface area (Å²) in [6, 6.07) is 3.92. The molecular formula is C11H12F3NO. The predicted octanol–water partition coefficient (Wildman–Crippen LogP) is 2.16. The first kappa shape index (κ1) is 12.7. The van der Waals surface area contributed by atoms with Gasteiger partial charge in [0.15, 0.2) is 5.78 Å². The minimum atomic E-state index is -4.34. The Labute approximate surface area is 91.3 Å². The number of carbonyl (C=O) groups excluding carboxylic acids is 1. The van der Waals surface area contributed by atoms with Gasteiger partial charge in [-0.25, -0.2) is 0 Å². The number of Topliss-reactive ketones (excluding diaryl/α,β-unsaturated/α-hetero) is 1. The number of hydrogen-bond acceptors (Lipinski definition) is 2. The third kappa shape index (κ3) is 3.34. The maximum Gasteiger partial charge on any atom is 0.416 e. The monoisotopic (exact) mass is 231 g/mol. The van der Waals surface area contributed by atoms with Crippen LogP contribution in [0.2, 0.25) is 0 Å². The third-order valence-corrected chi connectivity index (χ3v) is 2.17. The van der Waals surface area contributed by atoms with Gasteiger partial charge in [0.2, 0.25) is 0 Å². The molecule has 0 aromatic heterocycles. The molecule has 0 saturated heterocycles. The second-order valence-corrected chi connectivity index (χ2v) is 3.63. The summed E-state index contributed by atoms with van der Waals surface area (Å²) in [5, 5.41) is 0. The van der Waals surface area contributed by atoms with Crippen LogP contribution in [0.15, 0.2) is 24.3 Å². The van der Waals surface area contributed by atoms with Gasteiger partial charge in [-0.3, -0.25) is 4.79 Å². The smallest absolute Gasteiger partial charge is 0.322 e. The zero-order valence-electron chi connectivity index (χ0n) is 8.71. The highest BCUT2D eigenvalue weighted by molar-refractivity contribution is 5.85. The molecule has 1 atom stereocenters. The molecule has 0 spiro atoms. The third-order valence-electron chi connectivity index (χ3n) is 2.17. The van der Waals surface area contributed by atoms with Crippen molar-refractivity contribution in [1.82, 2.24) is 0 Å². The Balaban J connectivity index is 2.76. The maximum absolute atomic E-state index is 12.2. The van der Waals surface area contributed by atoms with Crippen LogP contribution in [0, 0.1) is 0 Å². The molecule has 0 aliphatic heterocycles. The summed E-state index contributed by atoms with van der Waals surface area (Å²) in [5.41, 5.74) is 5.17. The van der Waals surface area contributed by atoms with E-state index in [-0.39, 0.29) is 12.2 Å². The van der Waals surface area contributed by atoms with Crippen molar-refractivity contribution in [1.29, 1.82) is 0 Å². The summed E-state index contributed by atoms with van der Waals surface area (Å²) in [6.07, 6.45) is -4.28. The fourth-order valence-corrected chi connectivity index (χ4v) is 1.17. The first-order chi connectivity index (χ1) is 7.30. The van der Waals surface area contributed by atoms with Crippen molar-refractivity contribution in [2.24, 2.45) is 5.73 Å². The van der Waals surface area contributed by atoms with Crippen molar-refractivity contribution in [3.8, 4) is 0 Å². The highest BCUT2D eigenvalue weighted by atomic mass is 19.4.